The van der Waals surface area contributed by atoms with Gasteiger partial charge in [0.05, 0.1) is 12.8 Å². The number of ether oxygens (including phenoxy) is 1. The first-order valence-corrected chi connectivity index (χ1v) is 5.44. The number of aromatic amines is 1. The summed E-state index contributed by atoms with van der Waals surface area (Å²) in [5.74, 6) is 0.823. The van der Waals surface area contributed by atoms with E-state index < -0.39 is 0 Å². The van der Waals surface area contributed by atoms with Crippen LogP contribution in [0.25, 0.3) is 22.2 Å². The number of methoxy groups -OCH3 is 1. The zero-order chi connectivity index (χ0) is 11.7. The first-order chi connectivity index (χ1) is 8.36. The van der Waals surface area contributed by atoms with Crippen molar-refractivity contribution < 1.29 is 4.74 Å². The van der Waals surface area contributed by atoms with Crippen LogP contribution in [-0.2, 0) is 0 Å². The average Bonchev–Trinajstić information content (AvgIpc) is 2.86. The maximum Gasteiger partial charge on any atom is 0.122 e. The van der Waals surface area contributed by atoms with Gasteiger partial charge in [-0.05, 0) is 24.3 Å². The summed E-state index contributed by atoms with van der Waals surface area (Å²) >= 11 is 0. The topological polar surface area (TPSA) is 37.9 Å². The van der Waals surface area contributed by atoms with Gasteiger partial charge in [-0.2, -0.15) is 0 Å². The molecule has 1 aromatic carbocycles. The van der Waals surface area contributed by atoms with Crippen LogP contribution >= 0.6 is 0 Å². The second-order valence-electron chi connectivity index (χ2n) is 3.86. The van der Waals surface area contributed by atoms with Crippen LogP contribution in [-0.4, -0.2) is 17.1 Å². The molecular formula is C14H12N2O. The van der Waals surface area contributed by atoms with Gasteiger partial charge in [0.25, 0.3) is 0 Å². The van der Waals surface area contributed by atoms with Crippen molar-refractivity contribution in [3.63, 3.8) is 0 Å². The van der Waals surface area contributed by atoms with Crippen LogP contribution < -0.4 is 4.74 Å². The molecule has 0 amide bonds. The normalized spacial score (nSPS) is 10.6. The van der Waals surface area contributed by atoms with E-state index in [4.69, 9.17) is 4.74 Å². The molecule has 3 rings (SSSR count). The maximum atomic E-state index is 5.20. The van der Waals surface area contributed by atoms with Crippen molar-refractivity contribution in [2.75, 3.05) is 7.11 Å². The van der Waals surface area contributed by atoms with Crippen molar-refractivity contribution in [2.45, 2.75) is 0 Å². The largest absolute Gasteiger partial charge is 0.497 e. The molecule has 84 valence electrons. The lowest BCUT2D eigenvalue weighted by atomic mass is 10.1. The summed E-state index contributed by atoms with van der Waals surface area (Å²) in [6.45, 7) is 0. The number of hydrogen-bond acceptors (Lipinski definition) is 2. The molecule has 2 aromatic heterocycles. The number of aromatic nitrogens is 2. The van der Waals surface area contributed by atoms with Crippen LogP contribution in [0.2, 0.25) is 0 Å². The van der Waals surface area contributed by atoms with E-state index >= 15 is 0 Å². The lowest BCUT2D eigenvalue weighted by Gasteiger charge is -2.04. The van der Waals surface area contributed by atoms with Crippen LogP contribution in [0, 0.1) is 0 Å². The SMILES string of the molecule is COc1ccnc(-c2ccc3[nH]ccc3c2)c1. The molecule has 0 aliphatic carbocycles. The van der Waals surface area contributed by atoms with Gasteiger partial charge in [0.2, 0.25) is 0 Å². The Bertz CT molecular complexity index is 658. The van der Waals surface area contributed by atoms with Gasteiger partial charge in [-0.15, -0.1) is 0 Å². The van der Waals surface area contributed by atoms with E-state index in [9.17, 15) is 0 Å². The van der Waals surface area contributed by atoms with E-state index in [-0.39, 0.29) is 0 Å². The summed E-state index contributed by atoms with van der Waals surface area (Å²) in [5, 5.41) is 1.19. The molecule has 0 atom stereocenters. The van der Waals surface area contributed by atoms with Gasteiger partial charge in [-0.1, -0.05) is 6.07 Å². The standard InChI is InChI=1S/C14H12N2O/c1-17-12-5-7-16-14(9-12)10-2-3-13-11(8-10)4-6-15-13/h2-9,15H,1H3. The van der Waals surface area contributed by atoms with Gasteiger partial charge in [0, 0.05) is 34.9 Å². The van der Waals surface area contributed by atoms with E-state index in [0.717, 1.165) is 22.5 Å². The molecule has 3 heteroatoms. The van der Waals surface area contributed by atoms with Crippen molar-refractivity contribution in [3.05, 3.63) is 48.8 Å². The summed E-state index contributed by atoms with van der Waals surface area (Å²) in [6, 6.07) is 12.1. The Labute approximate surface area is 99.1 Å². The van der Waals surface area contributed by atoms with E-state index in [0.29, 0.717) is 0 Å². The van der Waals surface area contributed by atoms with Crippen molar-refractivity contribution in [2.24, 2.45) is 0 Å². The molecule has 0 bridgehead atoms. The summed E-state index contributed by atoms with van der Waals surface area (Å²) in [4.78, 5) is 7.53. The average molecular weight is 224 g/mol. The molecule has 2 heterocycles. The smallest absolute Gasteiger partial charge is 0.122 e. The van der Waals surface area contributed by atoms with Gasteiger partial charge < -0.3 is 9.72 Å². The Hall–Kier alpha value is -2.29. The van der Waals surface area contributed by atoms with Crippen molar-refractivity contribution in [1.29, 1.82) is 0 Å². The summed E-state index contributed by atoms with van der Waals surface area (Å²) in [7, 11) is 1.66. The van der Waals surface area contributed by atoms with E-state index in [1.54, 1.807) is 13.3 Å². The number of H-pyrrole nitrogens is 1. The molecule has 1 N–H and O–H groups in total. The highest BCUT2D eigenvalue weighted by atomic mass is 16.5. The number of fused-ring (bicyclic) bond motifs is 1. The highest BCUT2D eigenvalue weighted by Gasteiger charge is 2.02. The van der Waals surface area contributed by atoms with E-state index in [2.05, 4.69) is 34.2 Å². The Morgan fingerprint density at radius 2 is 2.06 bits per heavy atom. The first-order valence-electron chi connectivity index (χ1n) is 5.44. The van der Waals surface area contributed by atoms with Gasteiger partial charge in [-0.25, -0.2) is 0 Å². The molecule has 0 unspecified atom stereocenters. The number of pyridine rings is 1. The molecular weight excluding hydrogens is 212 g/mol. The van der Waals surface area contributed by atoms with E-state index in [1.165, 1.54) is 5.39 Å². The van der Waals surface area contributed by atoms with Gasteiger partial charge in [0.15, 0.2) is 0 Å². The minimum absolute atomic E-state index is 0.823. The third-order valence-electron chi connectivity index (χ3n) is 2.82. The fraction of sp³-hybridized carbons (Fsp3) is 0.0714. The van der Waals surface area contributed by atoms with Crippen LogP contribution in [0.3, 0.4) is 0 Å². The molecule has 0 aliphatic heterocycles. The summed E-state index contributed by atoms with van der Waals surface area (Å²) < 4.78 is 5.20. The maximum absolute atomic E-state index is 5.20. The third kappa shape index (κ3) is 1.76. The monoisotopic (exact) mass is 224 g/mol. The Balaban J connectivity index is 2.12. The Morgan fingerprint density at radius 3 is 2.94 bits per heavy atom. The molecule has 3 aromatic rings. The van der Waals surface area contributed by atoms with Crippen molar-refractivity contribution in [1.82, 2.24) is 9.97 Å². The highest BCUT2D eigenvalue weighted by molar-refractivity contribution is 5.84. The minimum atomic E-state index is 0.823. The zero-order valence-corrected chi connectivity index (χ0v) is 9.47. The fourth-order valence-electron chi connectivity index (χ4n) is 1.91. The summed E-state index contributed by atoms with van der Waals surface area (Å²) in [5.41, 5.74) is 3.15. The molecule has 17 heavy (non-hydrogen) atoms. The lowest BCUT2D eigenvalue weighted by Crippen LogP contribution is -1.87. The number of hydrogen-bond donors (Lipinski definition) is 1. The number of rotatable bonds is 2. The zero-order valence-electron chi connectivity index (χ0n) is 9.47. The molecule has 0 saturated carbocycles. The Morgan fingerprint density at radius 1 is 1.12 bits per heavy atom. The Kier molecular flexibility index (Phi) is 2.29. The number of nitrogens with one attached hydrogen (secondary N) is 1. The minimum Gasteiger partial charge on any atom is -0.497 e. The van der Waals surface area contributed by atoms with Crippen LogP contribution in [0.4, 0.5) is 0 Å². The predicted octanol–water partition coefficient (Wildman–Crippen LogP) is 3.24. The molecule has 0 fully saturated rings. The molecule has 3 nitrogen and oxygen atoms in total. The third-order valence-corrected chi connectivity index (χ3v) is 2.82. The van der Waals surface area contributed by atoms with Gasteiger partial charge >= 0.3 is 0 Å². The fourth-order valence-corrected chi connectivity index (χ4v) is 1.91. The van der Waals surface area contributed by atoms with Crippen LogP contribution in [0.1, 0.15) is 0 Å². The molecule has 0 aliphatic rings. The molecule has 0 radical (unpaired) electrons. The quantitative estimate of drug-likeness (QED) is 0.725. The van der Waals surface area contributed by atoms with E-state index in [1.807, 2.05) is 18.3 Å². The van der Waals surface area contributed by atoms with Gasteiger partial charge in [-0.3, -0.25) is 4.98 Å². The highest BCUT2D eigenvalue weighted by Crippen LogP contribution is 2.24. The second-order valence-corrected chi connectivity index (χ2v) is 3.86. The van der Waals surface area contributed by atoms with Gasteiger partial charge in [0.1, 0.15) is 5.75 Å². The second kappa shape index (κ2) is 3.94. The van der Waals surface area contributed by atoms with Crippen molar-refractivity contribution >= 4 is 10.9 Å². The number of nitrogens with zero attached hydrogens (tertiary/aromatic N) is 1. The summed E-state index contributed by atoms with van der Waals surface area (Å²) in [6.07, 6.45) is 3.70. The molecule has 0 spiro atoms. The van der Waals surface area contributed by atoms with Crippen LogP contribution in [0.5, 0.6) is 5.75 Å². The number of benzene rings is 1. The first kappa shape index (κ1) is 9.90. The predicted molar refractivity (Wildman–Crippen MR) is 68.1 cm³/mol. The molecule has 0 saturated heterocycles. The van der Waals surface area contributed by atoms with Crippen LogP contribution in [0.15, 0.2) is 48.8 Å². The van der Waals surface area contributed by atoms with Crippen molar-refractivity contribution in [3.8, 4) is 17.0 Å². The lowest BCUT2D eigenvalue weighted by molar-refractivity contribution is 0.414.